The average Bonchev–Trinajstić information content (AvgIpc) is 2.74. The van der Waals surface area contributed by atoms with Gasteiger partial charge in [0.1, 0.15) is 0 Å². The number of carbonyl (C=O) groups excluding carboxylic acids is 1. The molecule has 0 radical (unpaired) electrons. The summed E-state index contributed by atoms with van der Waals surface area (Å²) in [4.78, 5) is 11.9. The van der Waals surface area contributed by atoms with Crippen molar-refractivity contribution in [2.24, 2.45) is 0 Å². The van der Waals surface area contributed by atoms with Crippen molar-refractivity contribution in [2.45, 2.75) is 20.5 Å². The highest BCUT2D eigenvalue weighted by atomic mass is 35.5. The summed E-state index contributed by atoms with van der Waals surface area (Å²) in [5.74, 6) is -0.0421. The van der Waals surface area contributed by atoms with Gasteiger partial charge in [-0.3, -0.25) is 4.79 Å². The first kappa shape index (κ1) is 14.8. The third-order valence-electron chi connectivity index (χ3n) is 3.39. The van der Waals surface area contributed by atoms with Crippen LogP contribution in [0.5, 0.6) is 0 Å². The van der Waals surface area contributed by atoms with Crippen molar-refractivity contribution in [2.75, 3.05) is 13.0 Å². The smallest absolute Gasteiger partial charge is 0.179 e. The van der Waals surface area contributed by atoms with Gasteiger partial charge < -0.3 is 9.30 Å². The molecule has 0 N–H and O–H groups in total. The summed E-state index contributed by atoms with van der Waals surface area (Å²) >= 11 is 5.67. The van der Waals surface area contributed by atoms with Crippen molar-refractivity contribution < 1.29 is 9.53 Å². The number of aromatic nitrogens is 1. The zero-order chi connectivity index (χ0) is 14.7. The lowest BCUT2D eigenvalue weighted by Crippen LogP contribution is -2.06. The predicted molar refractivity (Wildman–Crippen MR) is 81.0 cm³/mol. The van der Waals surface area contributed by atoms with Gasteiger partial charge in [-0.2, -0.15) is 0 Å². The molecular formula is C16H18ClNO2. The third kappa shape index (κ3) is 2.65. The number of ketones is 1. The Morgan fingerprint density at radius 1 is 1.30 bits per heavy atom. The van der Waals surface area contributed by atoms with Crippen LogP contribution in [-0.2, 0) is 11.3 Å². The molecule has 1 aromatic carbocycles. The van der Waals surface area contributed by atoms with Crippen molar-refractivity contribution in [3.8, 4) is 5.69 Å². The minimum absolute atomic E-state index is 0.00398. The van der Waals surface area contributed by atoms with Crippen LogP contribution in [0.3, 0.4) is 0 Å². The third-order valence-corrected chi connectivity index (χ3v) is 3.63. The van der Waals surface area contributed by atoms with E-state index in [1.165, 1.54) is 0 Å². The highest BCUT2D eigenvalue weighted by Gasteiger charge is 2.17. The van der Waals surface area contributed by atoms with E-state index in [9.17, 15) is 4.79 Å². The van der Waals surface area contributed by atoms with Gasteiger partial charge in [0.2, 0.25) is 0 Å². The molecule has 0 unspecified atom stereocenters. The number of nitrogens with zero attached hydrogens (tertiary/aromatic N) is 1. The summed E-state index contributed by atoms with van der Waals surface area (Å²) in [6.45, 7) is 4.46. The maximum Gasteiger partial charge on any atom is 0.179 e. The number of Topliss-reactive ketones (excluding diaryl/α,β-unsaturated/α-hetero) is 1. The fourth-order valence-corrected chi connectivity index (χ4v) is 2.64. The van der Waals surface area contributed by atoms with E-state index in [0.29, 0.717) is 12.2 Å². The van der Waals surface area contributed by atoms with Crippen LogP contribution in [0.25, 0.3) is 5.69 Å². The van der Waals surface area contributed by atoms with Crippen LogP contribution in [-0.4, -0.2) is 23.3 Å². The first-order valence-electron chi connectivity index (χ1n) is 6.45. The largest absolute Gasteiger partial charge is 0.380 e. The molecule has 1 aromatic heterocycles. The minimum Gasteiger partial charge on any atom is -0.380 e. The molecule has 0 bridgehead atoms. The van der Waals surface area contributed by atoms with Gasteiger partial charge in [0, 0.05) is 29.6 Å². The monoisotopic (exact) mass is 291 g/mol. The molecule has 0 spiro atoms. The van der Waals surface area contributed by atoms with Crippen molar-refractivity contribution in [3.63, 3.8) is 0 Å². The van der Waals surface area contributed by atoms with Gasteiger partial charge in [-0.25, -0.2) is 0 Å². The van der Waals surface area contributed by atoms with Gasteiger partial charge in [-0.05, 0) is 26.0 Å². The Morgan fingerprint density at radius 2 is 2.00 bits per heavy atom. The topological polar surface area (TPSA) is 31.2 Å². The van der Waals surface area contributed by atoms with E-state index >= 15 is 0 Å². The molecule has 0 saturated heterocycles. The molecular weight excluding hydrogens is 274 g/mol. The Labute approximate surface area is 124 Å². The van der Waals surface area contributed by atoms with Crippen LogP contribution in [0, 0.1) is 13.8 Å². The lowest BCUT2D eigenvalue weighted by molar-refractivity contribution is 0.102. The number of hydrogen-bond donors (Lipinski definition) is 0. The van der Waals surface area contributed by atoms with Gasteiger partial charge in [-0.15, -0.1) is 11.6 Å². The van der Waals surface area contributed by atoms with Gasteiger partial charge >= 0.3 is 0 Å². The number of benzene rings is 1. The van der Waals surface area contributed by atoms with Crippen LogP contribution >= 0.6 is 11.6 Å². The Balaban J connectivity index is 2.59. The predicted octanol–water partition coefficient (Wildman–Crippen LogP) is 3.66. The number of rotatable bonds is 5. The van der Waals surface area contributed by atoms with Crippen LogP contribution in [0.1, 0.15) is 27.3 Å². The molecule has 2 aromatic rings. The highest BCUT2D eigenvalue weighted by molar-refractivity contribution is 6.30. The fourth-order valence-electron chi connectivity index (χ4n) is 2.49. The van der Waals surface area contributed by atoms with Crippen LogP contribution < -0.4 is 0 Å². The Kier molecular flexibility index (Phi) is 4.63. The molecule has 4 heteroatoms. The Bertz CT molecular complexity index is 631. The second kappa shape index (κ2) is 6.25. The van der Waals surface area contributed by atoms with Gasteiger partial charge in [-0.1, -0.05) is 18.2 Å². The number of halogens is 1. The lowest BCUT2D eigenvalue weighted by atomic mass is 10.1. The highest BCUT2D eigenvalue weighted by Crippen LogP contribution is 2.24. The quantitative estimate of drug-likeness (QED) is 0.622. The van der Waals surface area contributed by atoms with Gasteiger partial charge in [0.05, 0.1) is 18.2 Å². The number of alkyl halides is 1. The van der Waals surface area contributed by atoms with Gasteiger partial charge in [0.15, 0.2) is 5.78 Å². The standard InChI is InChI=1S/C16H18ClNO2/c1-11-8-14(16(19)9-17)12(2)18(11)15-7-5-4-6-13(15)10-20-3/h4-8H,9-10H2,1-3H3. The summed E-state index contributed by atoms with van der Waals surface area (Å²) < 4.78 is 7.32. The van der Waals surface area contributed by atoms with E-state index in [-0.39, 0.29) is 11.7 Å². The molecule has 0 fully saturated rings. The Hall–Kier alpha value is -1.58. The molecule has 0 aliphatic heterocycles. The first-order valence-corrected chi connectivity index (χ1v) is 6.99. The summed E-state index contributed by atoms with van der Waals surface area (Å²) in [7, 11) is 1.68. The number of carbonyl (C=O) groups is 1. The molecule has 20 heavy (non-hydrogen) atoms. The maximum atomic E-state index is 11.9. The summed E-state index contributed by atoms with van der Waals surface area (Å²) in [5, 5.41) is 0. The summed E-state index contributed by atoms with van der Waals surface area (Å²) in [6, 6.07) is 9.92. The molecule has 0 amide bonds. The normalized spacial score (nSPS) is 10.8. The van der Waals surface area contributed by atoms with Crippen molar-refractivity contribution >= 4 is 17.4 Å². The van der Waals surface area contributed by atoms with E-state index in [2.05, 4.69) is 4.57 Å². The molecule has 0 atom stereocenters. The molecule has 106 valence electrons. The minimum atomic E-state index is -0.0461. The zero-order valence-electron chi connectivity index (χ0n) is 11.9. The summed E-state index contributed by atoms with van der Waals surface area (Å²) in [6.07, 6.45) is 0. The lowest BCUT2D eigenvalue weighted by Gasteiger charge is -2.14. The Morgan fingerprint density at radius 3 is 2.65 bits per heavy atom. The summed E-state index contributed by atoms with van der Waals surface area (Å²) in [5.41, 5.74) is 4.74. The molecule has 0 saturated carbocycles. The van der Waals surface area contributed by atoms with E-state index in [4.69, 9.17) is 16.3 Å². The van der Waals surface area contributed by atoms with Crippen molar-refractivity contribution in [3.05, 3.63) is 52.8 Å². The molecule has 3 nitrogen and oxygen atoms in total. The van der Waals surface area contributed by atoms with E-state index in [1.54, 1.807) is 7.11 Å². The second-order valence-corrected chi connectivity index (χ2v) is 5.01. The molecule has 2 rings (SSSR count). The van der Waals surface area contributed by atoms with Crippen LogP contribution in [0.4, 0.5) is 0 Å². The number of aryl methyl sites for hydroxylation is 1. The molecule has 0 aliphatic carbocycles. The fraction of sp³-hybridized carbons (Fsp3) is 0.312. The average molecular weight is 292 g/mol. The zero-order valence-corrected chi connectivity index (χ0v) is 12.7. The van der Waals surface area contributed by atoms with E-state index in [0.717, 1.165) is 22.6 Å². The van der Waals surface area contributed by atoms with E-state index in [1.807, 2.05) is 44.2 Å². The van der Waals surface area contributed by atoms with Crippen molar-refractivity contribution in [1.29, 1.82) is 0 Å². The maximum absolute atomic E-state index is 11.9. The van der Waals surface area contributed by atoms with Crippen LogP contribution in [0.2, 0.25) is 0 Å². The van der Waals surface area contributed by atoms with E-state index < -0.39 is 0 Å². The number of para-hydroxylation sites is 1. The first-order chi connectivity index (χ1) is 9.60. The van der Waals surface area contributed by atoms with Gasteiger partial charge in [0.25, 0.3) is 0 Å². The second-order valence-electron chi connectivity index (χ2n) is 4.74. The molecule has 0 aliphatic rings. The number of ether oxygens (including phenoxy) is 1. The number of hydrogen-bond acceptors (Lipinski definition) is 2. The SMILES string of the molecule is COCc1ccccc1-n1c(C)cc(C(=O)CCl)c1C. The van der Waals surface area contributed by atoms with Crippen LogP contribution in [0.15, 0.2) is 30.3 Å². The number of methoxy groups -OCH3 is 1. The van der Waals surface area contributed by atoms with Crippen molar-refractivity contribution in [1.82, 2.24) is 4.57 Å². The molecule has 1 heterocycles.